The molecule has 0 aliphatic carbocycles. The number of carbonyl (C=O) groups excluding carboxylic acids is 1. The minimum atomic E-state index is -0.579. The van der Waals surface area contributed by atoms with Crippen molar-refractivity contribution < 1.29 is 9.18 Å². The van der Waals surface area contributed by atoms with Crippen LogP contribution >= 0.6 is 11.3 Å². The number of carbonyl (C=O) groups is 1. The molecule has 0 saturated heterocycles. The maximum atomic E-state index is 13.8. The number of nitrogens with zero attached hydrogens (tertiary/aromatic N) is 2. The van der Waals surface area contributed by atoms with Gasteiger partial charge in [0.1, 0.15) is 5.82 Å². The van der Waals surface area contributed by atoms with E-state index in [-0.39, 0.29) is 5.56 Å². The van der Waals surface area contributed by atoms with Crippen molar-refractivity contribution in [2.24, 2.45) is 4.99 Å². The van der Waals surface area contributed by atoms with Crippen LogP contribution in [-0.4, -0.2) is 10.5 Å². The number of allylic oxidation sites excluding steroid dienone is 1. The van der Waals surface area contributed by atoms with E-state index in [0.29, 0.717) is 11.3 Å². The van der Waals surface area contributed by atoms with Crippen molar-refractivity contribution in [2.45, 2.75) is 13.5 Å². The Labute approximate surface area is 137 Å². The lowest BCUT2D eigenvalue weighted by Gasteiger charge is -2.03. The smallest absolute Gasteiger partial charge is 0.282 e. The fourth-order valence-corrected chi connectivity index (χ4v) is 3.59. The highest BCUT2D eigenvalue weighted by atomic mass is 32.1. The molecule has 116 valence electrons. The molecule has 0 fully saturated rings. The lowest BCUT2D eigenvalue weighted by atomic mass is 10.2. The number of aryl methyl sites for hydroxylation is 1. The number of hydrogen-bond donors (Lipinski definition) is 0. The summed E-state index contributed by atoms with van der Waals surface area (Å²) < 4.78 is 16.7. The van der Waals surface area contributed by atoms with Gasteiger partial charge in [-0.1, -0.05) is 41.7 Å². The van der Waals surface area contributed by atoms with Gasteiger partial charge in [0.15, 0.2) is 4.80 Å². The summed E-state index contributed by atoms with van der Waals surface area (Å²) >= 11 is 1.41. The van der Waals surface area contributed by atoms with Crippen molar-refractivity contribution in [3.05, 3.63) is 76.9 Å². The predicted octanol–water partition coefficient (Wildman–Crippen LogP) is 4.08. The molecule has 0 aliphatic heterocycles. The van der Waals surface area contributed by atoms with Crippen LogP contribution in [0.25, 0.3) is 10.2 Å². The highest BCUT2D eigenvalue weighted by Crippen LogP contribution is 2.21. The SMILES string of the molecule is C=CCn1c(=NC(=O)c2ccccc2F)sc2cccc(C)c21. The number of rotatable bonds is 3. The average Bonchev–Trinajstić information content (AvgIpc) is 2.87. The fraction of sp³-hybridized carbons (Fsp3) is 0.111. The number of thiazole rings is 1. The van der Waals surface area contributed by atoms with Gasteiger partial charge in [0, 0.05) is 6.54 Å². The number of halogens is 1. The highest BCUT2D eigenvalue weighted by molar-refractivity contribution is 7.16. The number of amides is 1. The zero-order chi connectivity index (χ0) is 16.4. The van der Waals surface area contributed by atoms with Crippen LogP contribution in [0.5, 0.6) is 0 Å². The molecule has 1 heterocycles. The first kappa shape index (κ1) is 15.4. The molecule has 0 spiro atoms. The van der Waals surface area contributed by atoms with Gasteiger partial charge < -0.3 is 4.57 Å². The second-order valence-corrected chi connectivity index (χ2v) is 6.11. The van der Waals surface area contributed by atoms with Gasteiger partial charge in [-0.25, -0.2) is 4.39 Å². The van der Waals surface area contributed by atoms with E-state index in [1.54, 1.807) is 18.2 Å². The first-order valence-corrected chi connectivity index (χ1v) is 7.97. The van der Waals surface area contributed by atoms with Gasteiger partial charge in [0.2, 0.25) is 0 Å². The number of hydrogen-bond acceptors (Lipinski definition) is 2. The maximum Gasteiger partial charge on any atom is 0.282 e. The molecule has 1 amide bonds. The van der Waals surface area contributed by atoms with Crippen LogP contribution in [-0.2, 0) is 6.54 Å². The molecule has 0 aliphatic rings. The van der Waals surface area contributed by atoms with Crippen LogP contribution < -0.4 is 4.80 Å². The van der Waals surface area contributed by atoms with Crippen molar-refractivity contribution in [1.29, 1.82) is 0 Å². The third-order valence-electron chi connectivity index (χ3n) is 3.52. The summed E-state index contributed by atoms with van der Waals surface area (Å²) in [6.45, 7) is 6.31. The Kier molecular flexibility index (Phi) is 4.21. The Morgan fingerprint density at radius 2 is 2.09 bits per heavy atom. The Balaban J connectivity index is 2.21. The molecule has 0 unspecified atom stereocenters. The first-order valence-electron chi connectivity index (χ1n) is 7.15. The Morgan fingerprint density at radius 1 is 1.30 bits per heavy atom. The summed E-state index contributed by atoms with van der Waals surface area (Å²) in [5.41, 5.74) is 2.10. The second kappa shape index (κ2) is 6.30. The van der Waals surface area contributed by atoms with Crippen LogP contribution in [0.4, 0.5) is 4.39 Å². The largest absolute Gasteiger partial charge is 0.312 e. The highest BCUT2D eigenvalue weighted by Gasteiger charge is 2.12. The number of para-hydroxylation sites is 1. The van der Waals surface area contributed by atoms with Crippen LogP contribution in [0.1, 0.15) is 15.9 Å². The van der Waals surface area contributed by atoms with Crippen molar-refractivity contribution in [3.8, 4) is 0 Å². The van der Waals surface area contributed by atoms with E-state index in [1.165, 1.54) is 23.5 Å². The van der Waals surface area contributed by atoms with E-state index >= 15 is 0 Å². The van der Waals surface area contributed by atoms with Crippen molar-refractivity contribution in [3.63, 3.8) is 0 Å². The molecule has 0 atom stereocenters. The van der Waals surface area contributed by atoms with Crippen LogP contribution in [0, 0.1) is 12.7 Å². The van der Waals surface area contributed by atoms with Crippen molar-refractivity contribution >= 4 is 27.5 Å². The first-order chi connectivity index (χ1) is 11.1. The van der Waals surface area contributed by atoms with Crippen molar-refractivity contribution in [2.75, 3.05) is 0 Å². The lowest BCUT2D eigenvalue weighted by molar-refractivity contribution is 0.0994. The molecule has 0 N–H and O–H groups in total. The topological polar surface area (TPSA) is 34.4 Å². The quantitative estimate of drug-likeness (QED) is 0.668. The normalized spacial score (nSPS) is 11.8. The number of fused-ring (bicyclic) bond motifs is 1. The Bertz CT molecular complexity index is 969. The molecular formula is C18H15FN2OS. The lowest BCUT2D eigenvalue weighted by Crippen LogP contribution is -2.17. The Hall–Kier alpha value is -2.53. The molecule has 0 bridgehead atoms. The zero-order valence-electron chi connectivity index (χ0n) is 12.6. The molecule has 0 saturated carbocycles. The third kappa shape index (κ3) is 2.87. The van der Waals surface area contributed by atoms with Crippen molar-refractivity contribution in [1.82, 2.24) is 4.57 Å². The minimum absolute atomic E-state index is 0.0215. The molecule has 3 nitrogen and oxygen atoms in total. The van der Waals surface area contributed by atoms with Crippen LogP contribution in [0.3, 0.4) is 0 Å². The van der Waals surface area contributed by atoms with Crippen LogP contribution in [0.2, 0.25) is 0 Å². The zero-order valence-corrected chi connectivity index (χ0v) is 13.4. The van der Waals surface area contributed by atoms with E-state index in [0.717, 1.165) is 15.8 Å². The summed E-state index contributed by atoms with van der Waals surface area (Å²) in [5, 5.41) is 0. The molecular weight excluding hydrogens is 311 g/mol. The average molecular weight is 326 g/mol. The Morgan fingerprint density at radius 3 is 2.83 bits per heavy atom. The van der Waals surface area contributed by atoms with E-state index in [4.69, 9.17) is 0 Å². The van der Waals surface area contributed by atoms with Gasteiger partial charge in [0.05, 0.1) is 15.8 Å². The predicted molar refractivity (Wildman–Crippen MR) is 91.0 cm³/mol. The third-order valence-corrected chi connectivity index (χ3v) is 4.56. The van der Waals surface area contributed by atoms with Gasteiger partial charge in [-0.3, -0.25) is 4.79 Å². The molecule has 3 rings (SSSR count). The molecule has 3 aromatic rings. The van der Waals surface area contributed by atoms with Gasteiger partial charge in [-0.15, -0.1) is 6.58 Å². The molecule has 5 heteroatoms. The summed E-state index contributed by atoms with van der Waals surface area (Å²) in [7, 11) is 0. The summed E-state index contributed by atoms with van der Waals surface area (Å²) in [5.74, 6) is -1.14. The summed E-state index contributed by atoms with van der Waals surface area (Å²) in [4.78, 5) is 17.0. The summed E-state index contributed by atoms with van der Waals surface area (Å²) in [6, 6.07) is 11.8. The van der Waals surface area contributed by atoms with E-state index in [9.17, 15) is 9.18 Å². The summed E-state index contributed by atoms with van der Waals surface area (Å²) in [6.07, 6.45) is 1.76. The molecule has 23 heavy (non-hydrogen) atoms. The van der Waals surface area contributed by atoms with E-state index in [1.807, 2.05) is 29.7 Å². The monoisotopic (exact) mass is 326 g/mol. The van der Waals surface area contributed by atoms with Crippen LogP contribution in [0.15, 0.2) is 60.1 Å². The fourth-order valence-electron chi connectivity index (χ4n) is 2.47. The van der Waals surface area contributed by atoms with Gasteiger partial charge >= 0.3 is 0 Å². The maximum absolute atomic E-state index is 13.8. The van der Waals surface area contributed by atoms with Gasteiger partial charge in [-0.2, -0.15) is 4.99 Å². The standard InChI is InChI=1S/C18H15FN2OS/c1-3-11-21-16-12(2)7-6-10-15(16)23-18(21)20-17(22)13-8-4-5-9-14(13)19/h3-10H,1,11H2,2H3. The van der Waals surface area contributed by atoms with Gasteiger partial charge in [-0.05, 0) is 30.7 Å². The van der Waals surface area contributed by atoms with E-state index < -0.39 is 11.7 Å². The molecule has 1 aromatic heterocycles. The van der Waals surface area contributed by atoms with Gasteiger partial charge in [0.25, 0.3) is 5.91 Å². The second-order valence-electron chi connectivity index (χ2n) is 5.10. The number of benzene rings is 2. The molecule has 2 aromatic carbocycles. The van der Waals surface area contributed by atoms with E-state index in [2.05, 4.69) is 11.6 Å². The minimum Gasteiger partial charge on any atom is -0.312 e. The molecule has 0 radical (unpaired) electrons. The number of aromatic nitrogens is 1.